The van der Waals surface area contributed by atoms with E-state index in [1.54, 1.807) is 18.2 Å². The highest BCUT2D eigenvalue weighted by molar-refractivity contribution is 6.36. The Hall–Kier alpha value is -2.64. The lowest BCUT2D eigenvalue weighted by molar-refractivity contribution is -0.137. The fourth-order valence-electron chi connectivity index (χ4n) is 3.69. The second-order valence-corrected chi connectivity index (χ2v) is 9.46. The Kier molecular flexibility index (Phi) is 7.14. The molecule has 1 aromatic heterocycles. The zero-order valence-electron chi connectivity index (χ0n) is 18.7. The van der Waals surface area contributed by atoms with E-state index in [4.69, 9.17) is 33.2 Å². The van der Waals surface area contributed by atoms with Gasteiger partial charge in [0, 0.05) is 40.7 Å². The Balaban J connectivity index is 1.65. The van der Waals surface area contributed by atoms with Crippen LogP contribution < -0.4 is 5.32 Å². The summed E-state index contributed by atoms with van der Waals surface area (Å²) in [5.74, 6) is 1.63. The fraction of sp³-hybridized carbons (Fsp3) is 0.320. The smallest absolute Gasteiger partial charge is 0.338 e. The zero-order valence-corrected chi connectivity index (χ0v) is 20.2. The van der Waals surface area contributed by atoms with Crippen LogP contribution in [0.15, 0.2) is 47.5 Å². The molecule has 0 bridgehead atoms. The molecule has 1 N–H and O–H groups in total. The van der Waals surface area contributed by atoms with Crippen molar-refractivity contribution in [3.8, 4) is 0 Å². The van der Waals surface area contributed by atoms with Crippen molar-refractivity contribution < 1.29 is 13.2 Å². The number of nitrogens with zero attached hydrogens (tertiary/aromatic N) is 3. The Morgan fingerprint density at radius 1 is 1.00 bits per heavy atom. The van der Waals surface area contributed by atoms with Crippen molar-refractivity contribution in [2.24, 2.45) is 10.9 Å². The molecule has 2 aromatic carbocycles. The van der Waals surface area contributed by atoms with Crippen LogP contribution in [-0.2, 0) is 25.4 Å². The monoisotopic (exact) mass is 506 g/mol. The van der Waals surface area contributed by atoms with Gasteiger partial charge in [-0.2, -0.15) is 13.2 Å². The second kappa shape index (κ2) is 9.92. The molecule has 3 aromatic rings. The quantitative estimate of drug-likeness (QED) is 0.353. The molecule has 0 spiro atoms. The number of benzene rings is 2. The van der Waals surface area contributed by atoms with Gasteiger partial charge in [0.25, 0.3) is 0 Å². The predicted molar refractivity (Wildman–Crippen MR) is 131 cm³/mol. The first-order valence-corrected chi connectivity index (χ1v) is 11.7. The molecular weight excluding hydrogens is 484 g/mol. The molecule has 0 amide bonds. The molecule has 9 heteroatoms. The van der Waals surface area contributed by atoms with Crippen molar-refractivity contribution in [2.45, 2.75) is 45.7 Å². The van der Waals surface area contributed by atoms with E-state index < -0.39 is 11.7 Å². The van der Waals surface area contributed by atoms with Crippen LogP contribution in [0.2, 0.25) is 10.0 Å². The Labute approximate surface area is 206 Å². The van der Waals surface area contributed by atoms with Gasteiger partial charge in [-0.1, -0.05) is 43.1 Å². The van der Waals surface area contributed by atoms with E-state index in [0.29, 0.717) is 58.2 Å². The maximum atomic E-state index is 12.9. The normalized spacial score (nSPS) is 13.2. The summed E-state index contributed by atoms with van der Waals surface area (Å²) in [6.07, 6.45) is -1.79. The standard InChI is InChI=1S/C25H23Cl2F3N4/c1-14(2)6-11-22-33-21-13-17(12-18-19(26)4-3-5-20(18)27)31-23(21)24(34-22)32-16-9-7-15(8-10-16)25(28,29)30/h3-5,7-10,14H,6,11-13H2,1-2H3,(H,32,33,34). The average molecular weight is 507 g/mol. The molecule has 0 radical (unpaired) electrons. The lowest BCUT2D eigenvalue weighted by Crippen LogP contribution is -2.07. The highest BCUT2D eigenvalue weighted by Crippen LogP contribution is 2.37. The third kappa shape index (κ3) is 5.70. The largest absolute Gasteiger partial charge is 0.416 e. The van der Waals surface area contributed by atoms with Crippen LogP contribution in [0.3, 0.4) is 0 Å². The molecule has 2 heterocycles. The average Bonchev–Trinajstić information content (AvgIpc) is 3.18. The first-order chi connectivity index (χ1) is 16.1. The molecule has 0 atom stereocenters. The van der Waals surface area contributed by atoms with Crippen molar-refractivity contribution >= 4 is 46.1 Å². The van der Waals surface area contributed by atoms with Gasteiger partial charge in [-0.25, -0.2) is 9.97 Å². The highest BCUT2D eigenvalue weighted by atomic mass is 35.5. The molecule has 0 unspecified atom stereocenters. The number of anilines is 2. The van der Waals surface area contributed by atoms with E-state index >= 15 is 0 Å². The van der Waals surface area contributed by atoms with Gasteiger partial charge in [0.05, 0.1) is 11.3 Å². The van der Waals surface area contributed by atoms with Gasteiger partial charge in [0.1, 0.15) is 11.5 Å². The third-order valence-electron chi connectivity index (χ3n) is 5.51. The van der Waals surface area contributed by atoms with E-state index in [-0.39, 0.29) is 0 Å². The van der Waals surface area contributed by atoms with Crippen molar-refractivity contribution in [3.05, 3.63) is 75.2 Å². The van der Waals surface area contributed by atoms with Crippen molar-refractivity contribution in [1.29, 1.82) is 0 Å². The van der Waals surface area contributed by atoms with Crippen molar-refractivity contribution in [2.75, 3.05) is 5.32 Å². The maximum Gasteiger partial charge on any atom is 0.416 e. The van der Waals surface area contributed by atoms with Crippen molar-refractivity contribution in [3.63, 3.8) is 0 Å². The highest BCUT2D eigenvalue weighted by Gasteiger charge is 2.30. The number of halogens is 5. The van der Waals surface area contributed by atoms with E-state index in [9.17, 15) is 13.2 Å². The van der Waals surface area contributed by atoms with Gasteiger partial charge in [-0.15, -0.1) is 0 Å². The van der Waals surface area contributed by atoms with Crippen LogP contribution in [0.1, 0.15) is 42.9 Å². The molecule has 0 aliphatic carbocycles. The van der Waals surface area contributed by atoms with Gasteiger partial charge in [0.2, 0.25) is 0 Å². The Morgan fingerprint density at radius 2 is 1.68 bits per heavy atom. The SMILES string of the molecule is CC(C)CCc1nc2c(c(Nc3ccc(C(F)(F)F)cc3)n1)N=C(Cc1c(Cl)cccc1Cl)C2. The molecular formula is C25H23Cl2F3N4. The molecule has 1 aliphatic rings. The van der Waals surface area contributed by atoms with Crippen LogP contribution in [-0.4, -0.2) is 15.7 Å². The summed E-state index contributed by atoms with van der Waals surface area (Å²) in [5, 5.41) is 4.28. The number of fused-ring (bicyclic) bond motifs is 1. The number of alkyl halides is 3. The molecule has 178 valence electrons. The lowest BCUT2D eigenvalue weighted by Gasteiger charge is -2.12. The number of aromatic nitrogens is 2. The summed E-state index contributed by atoms with van der Waals surface area (Å²) in [7, 11) is 0. The fourth-order valence-corrected chi connectivity index (χ4v) is 4.22. The third-order valence-corrected chi connectivity index (χ3v) is 6.21. The zero-order chi connectivity index (χ0) is 24.5. The summed E-state index contributed by atoms with van der Waals surface area (Å²) in [6, 6.07) is 10.2. The number of aryl methyl sites for hydroxylation is 1. The topological polar surface area (TPSA) is 50.2 Å². The van der Waals surface area contributed by atoms with E-state index in [1.807, 2.05) is 0 Å². The molecule has 0 saturated carbocycles. The number of hydrogen-bond acceptors (Lipinski definition) is 4. The summed E-state index contributed by atoms with van der Waals surface area (Å²) in [6.45, 7) is 4.26. The summed E-state index contributed by atoms with van der Waals surface area (Å²) < 4.78 is 38.8. The van der Waals surface area contributed by atoms with Gasteiger partial charge >= 0.3 is 6.18 Å². The minimum absolute atomic E-state index is 0.468. The Morgan fingerprint density at radius 3 is 2.29 bits per heavy atom. The van der Waals surface area contributed by atoms with Crippen molar-refractivity contribution in [1.82, 2.24) is 9.97 Å². The minimum Gasteiger partial charge on any atom is -0.338 e. The maximum absolute atomic E-state index is 12.9. The van der Waals surface area contributed by atoms with Gasteiger partial charge in [0.15, 0.2) is 5.82 Å². The number of aliphatic imine (C=N–C) groups is 1. The first-order valence-electron chi connectivity index (χ1n) is 10.9. The molecule has 4 nitrogen and oxygen atoms in total. The van der Waals surface area contributed by atoms with Gasteiger partial charge in [-0.05, 0) is 54.3 Å². The predicted octanol–water partition coefficient (Wildman–Crippen LogP) is 8.01. The van der Waals surface area contributed by atoms with Crippen LogP contribution in [0.25, 0.3) is 0 Å². The lowest BCUT2D eigenvalue weighted by atomic mass is 10.1. The second-order valence-electron chi connectivity index (χ2n) is 8.65. The summed E-state index contributed by atoms with van der Waals surface area (Å²) in [5.41, 5.74) is 2.79. The summed E-state index contributed by atoms with van der Waals surface area (Å²) in [4.78, 5) is 14.1. The molecule has 1 aliphatic heterocycles. The number of rotatable bonds is 7. The Bertz CT molecular complexity index is 1200. The number of nitrogens with one attached hydrogen (secondary N) is 1. The summed E-state index contributed by atoms with van der Waals surface area (Å²) >= 11 is 12.7. The van der Waals surface area contributed by atoms with Crippen LogP contribution in [0, 0.1) is 5.92 Å². The van der Waals surface area contributed by atoms with E-state index in [1.165, 1.54) is 12.1 Å². The van der Waals surface area contributed by atoms with E-state index in [2.05, 4.69) is 24.1 Å². The van der Waals surface area contributed by atoms with Crippen LogP contribution >= 0.6 is 23.2 Å². The molecule has 34 heavy (non-hydrogen) atoms. The van der Waals surface area contributed by atoms with E-state index in [0.717, 1.165) is 35.5 Å². The molecule has 4 rings (SSSR count). The molecule has 0 saturated heterocycles. The number of hydrogen-bond donors (Lipinski definition) is 1. The van der Waals surface area contributed by atoms with Crippen LogP contribution in [0.5, 0.6) is 0 Å². The van der Waals surface area contributed by atoms with Gasteiger partial charge < -0.3 is 5.32 Å². The van der Waals surface area contributed by atoms with Crippen LogP contribution in [0.4, 0.5) is 30.4 Å². The van der Waals surface area contributed by atoms with Gasteiger partial charge in [-0.3, -0.25) is 4.99 Å². The minimum atomic E-state index is -4.39. The molecule has 0 fully saturated rings. The first kappa shape index (κ1) is 24.5.